The average Bonchev–Trinajstić information content (AvgIpc) is 3.22. The van der Waals surface area contributed by atoms with Gasteiger partial charge in [0, 0.05) is 23.5 Å². The van der Waals surface area contributed by atoms with Gasteiger partial charge in [-0.15, -0.1) is 0 Å². The molecule has 2 aliphatic rings. The molecule has 0 saturated carbocycles. The number of benzene rings is 1. The molecule has 3 heterocycles. The second-order valence-electron chi connectivity index (χ2n) is 7.90. The van der Waals surface area contributed by atoms with Crippen LogP contribution in [0.4, 0.5) is 0 Å². The Morgan fingerprint density at radius 3 is 2.66 bits per heavy atom. The first-order valence-electron chi connectivity index (χ1n) is 10.2. The third-order valence-corrected chi connectivity index (χ3v) is 6.09. The third-order valence-electron chi connectivity index (χ3n) is 6.09. The molecule has 0 bridgehead atoms. The van der Waals surface area contributed by atoms with Gasteiger partial charge in [-0.1, -0.05) is 18.2 Å². The van der Waals surface area contributed by atoms with Crippen LogP contribution in [0.5, 0.6) is 0 Å². The molecular weight excluding hydrogens is 366 g/mol. The van der Waals surface area contributed by atoms with Gasteiger partial charge in [0.05, 0.1) is 23.7 Å². The molecule has 7 nitrogen and oxygen atoms in total. The van der Waals surface area contributed by atoms with Gasteiger partial charge in [0.2, 0.25) is 5.91 Å². The Morgan fingerprint density at radius 2 is 1.93 bits per heavy atom. The van der Waals surface area contributed by atoms with E-state index in [4.69, 9.17) is 10.7 Å². The summed E-state index contributed by atoms with van der Waals surface area (Å²) in [6.07, 6.45) is 3.51. The van der Waals surface area contributed by atoms with Gasteiger partial charge in [0.25, 0.3) is 5.91 Å². The van der Waals surface area contributed by atoms with Gasteiger partial charge in [-0.2, -0.15) is 5.26 Å². The predicted octanol–water partition coefficient (Wildman–Crippen LogP) is 2.03. The summed E-state index contributed by atoms with van der Waals surface area (Å²) in [5, 5.41) is 10.1. The number of likely N-dealkylation sites (tertiary alicyclic amines) is 2. The van der Waals surface area contributed by atoms with E-state index in [1.807, 2.05) is 24.3 Å². The minimum atomic E-state index is -0.467. The van der Waals surface area contributed by atoms with E-state index in [2.05, 4.69) is 11.0 Å². The maximum atomic E-state index is 12.6. The van der Waals surface area contributed by atoms with Crippen molar-refractivity contribution in [3.05, 3.63) is 41.6 Å². The van der Waals surface area contributed by atoms with Gasteiger partial charge in [0.15, 0.2) is 0 Å². The first-order valence-corrected chi connectivity index (χ1v) is 10.2. The maximum absolute atomic E-state index is 12.6. The number of para-hydroxylation sites is 1. The highest BCUT2D eigenvalue weighted by Crippen LogP contribution is 2.29. The number of rotatable bonds is 4. The molecule has 1 aromatic carbocycles. The number of nitrogens with zero attached hydrogens (tertiary/aromatic N) is 4. The number of carbonyl (C=O) groups excluding carboxylic acids is 2. The van der Waals surface area contributed by atoms with Crippen molar-refractivity contribution in [2.75, 3.05) is 26.2 Å². The number of hydrogen-bond donors (Lipinski definition) is 1. The molecule has 2 aliphatic heterocycles. The number of piperidine rings is 1. The summed E-state index contributed by atoms with van der Waals surface area (Å²) in [7, 11) is 0. The number of nitriles is 1. The first kappa shape index (κ1) is 19.3. The zero-order chi connectivity index (χ0) is 20.4. The van der Waals surface area contributed by atoms with Crippen molar-refractivity contribution >= 4 is 22.7 Å². The van der Waals surface area contributed by atoms with Crippen LogP contribution in [0.1, 0.15) is 47.7 Å². The molecular formula is C22H25N5O2. The van der Waals surface area contributed by atoms with Crippen molar-refractivity contribution in [3.8, 4) is 6.07 Å². The number of carbonyl (C=O) groups is 2. The van der Waals surface area contributed by atoms with Crippen LogP contribution in [0.15, 0.2) is 30.3 Å². The lowest BCUT2D eigenvalue weighted by molar-refractivity contribution is -0.132. The molecule has 2 N–H and O–H groups in total. The molecule has 2 amide bonds. The minimum absolute atomic E-state index is 0.0578. The Labute approximate surface area is 170 Å². The lowest BCUT2D eigenvalue weighted by atomic mass is 9.92. The van der Waals surface area contributed by atoms with E-state index in [0.29, 0.717) is 30.1 Å². The van der Waals surface area contributed by atoms with Crippen molar-refractivity contribution in [2.45, 2.75) is 37.6 Å². The zero-order valence-corrected chi connectivity index (χ0v) is 16.4. The van der Waals surface area contributed by atoms with Crippen molar-refractivity contribution < 1.29 is 9.59 Å². The smallest absolute Gasteiger partial charge is 0.250 e. The average molecular weight is 391 g/mol. The molecule has 0 unspecified atom stereocenters. The molecule has 2 aromatic rings. The normalized spacial score (nSPS) is 20.7. The van der Waals surface area contributed by atoms with Crippen LogP contribution in [0.25, 0.3) is 10.9 Å². The van der Waals surface area contributed by atoms with Gasteiger partial charge >= 0.3 is 0 Å². The molecule has 0 aliphatic carbocycles. The number of nitrogens with two attached hydrogens (primary N) is 1. The fourth-order valence-corrected chi connectivity index (χ4v) is 4.46. The molecule has 0 spiro atoms. The second-order valence-corrected chi connectivity index (χ2v) is 7.90. The highest BCUT2D eigenvalue weighted by molar-refractivity contribution is 6.04. The van der Waals surface area contributed by atoms with Crippen LogP contribution in [-0.2, 0) is 4.79 Å². The molecule has 7 heteroatoms. The van der Waals surface area contributed by atoms with E-state index in [-0.39, 0.29) is 11.9 Å². The topological polar surface area (TPSA) is 103 Å². The van der Waals surface area contributed by atoms with Crippen LogP contribution >= 0.6 is 0 Å². The van der Waals surface area contributed by atoms with E-state index in [1.165, 1.54) is 0 Å². The van der Waals surface area contributed by atoms with Crippen molar-refractivity contribution in [1.82, 2.24) is 14.8 Å². The SMILES string of the molecule is N#C[C@@H]1CCCN1C(=O)CN1CCC(c2ccc3cccc(C(N)=O)c3n2)CC1. The van der Waals surface area contributed by atoms with E-state index in [1.54, 1.807) is 11.0 Å². The van der Waals surface area contributed by atoms with Crippen LogP contribution in [0.3, 0.4) is 0 Å². The number of pyridine rings is 1. The Kier molecular flexibility index (Phi) is 5.45. The maximum Gasteiger partial charge on any atom is 0.250 e. The highest BCUT2D eigenvalue weighted by Gasteiger charge is 2.30. The molecule has 1 atom stereocenters. The summed E-state index contributed by atoms with van der Waals surface area (Å²) in [4.78, 5) is 32.9. The number of hydrogen-bond acceptors (Lipinski definition) is 5. The Hall–Kier alpha value is -2.98. The van der Waals surface area contributed by atoms with Crippen LogP contribution in [0, 0.1) is 11.3 Å². The van der Waals surface area contributed by atoms with Crippen LogP contribution in [-0.4, -0.2) is 58.8 Å². The summed E-state index contributed by atoms with van der Waals surface area (Å²) >= 11 is 0. The molecule has 150 valence electrons. The Bertz CT molecular complexity index is 975. The van der Waals surface area contributed by atoms with Crippen LogP contribution in [0.2, 0.25) is 0 Å². The molecule has 0 radical (unpaired) electrons. The van der Waals surface area contributed by atoms with Gasteiger partial charge in [0.1, 0.15) is 6.04 Å². The summed E-state index contributed by atoms with van der Waals surface area (Å²) < 4.78 is 0. The predicted molar refractivity (Wildman–Crippen MR) is 109 cm³/mol. The molecule has 2 saturated heterocycles. The first-order chi connectivity index (χ1) is 14.1. The zero-order valence-electron chi connectivity index (χ0n) is 16.4. The Morgan fingerprint density at radius 1 is 1.14 bits per heavy atom. The van der Waals surface area contributed by atoms with Crippen molar-refractivity contribution in [2.24, 2.45) is 5.73 Å². The molecule has 1 aromatic heterocycles. The number of amides is 2. The minimum Gasteiger partial charge on any atom is -0.366 e. The van der Waals surface area contributed by atoms with Crippen molar-refractivity contribution in [3.63, 3.8) is 0 Å². The van der Waals surface area contributed by atoms with E-state index < -0.39 is 5.91 Å². The quantitative estimate of drug-likeness (QED) is 0.859. The number of fused-ring (bicyclic) bond motifs is 1. The fraction of sp³-hybridized carbons (Fsp3) is 0.455. The number of primary amides is 1. The van der Waals surface area contributed by atoms with E-state index >= 15 is 0 Å². The van der Waals surface area contributed by atoms with Gasteiger partial charge in [-0.25, -0.2) is 0 Å². The standard InChI is InChI=1S/C22H25N5O2/c23-13-17-4-2-10-27(17)20(28)14-26-11-8-15(9-12-26)19-7-6-16-3-1-5-18(22(24)29)21(16)25-19/h1,3,5-7,15,17H,2,4,8-12,14H2,(H2,24,29)/t17-/m0/s1. The largest absolute Gasteiger partial charge is 0.366 e. The lowest BCUT2D eigenvalue weighted by Gasteiger charge is -2.32. The van der Waals surface area contributed by atoms with Gasteiger partial charge in [-0.3, -0.25) is 19.5 Å². The summed E-state index contributed by atoms with van der Waals surface area (Å²) in [6, 6.07) is 11.5. The highest BCUT2D eigenvalue weighted by atomic mass is 16.2. The lowest BCUT2D eigenvalue weighted by Crippen LogP contribution is -2.44. The summed E-state index contributed by atoms with van der Waals surface area (Å²) in [5.74, 6) is -0.112. The molecule has 2 fully saturated rings. The monoisotopic (exact) mass is 391 g/mol. The Balaban J connectivity index is 1.41. The van der Waals surface area contributed by atoms with E-state index in [0.717, 1.165) is 49.9 Å². The third kappa shape index (κ3) is 3.94. The van der Waals surface area contributed by atoms with E-state index in [9.17, 15) is 14.9 Å². The van der Waals surface area contributed by atoms with Crippen molar-refractivity contribution in [1.29, 1.82) is 5.26 Å². The summed E-state index contributed by atoms with van der Waals surface area (Å²) in [5.41, 5.74) is 7.58. The molecule has 4 rings (SSSR count). The van der Waals surface area contributed by atoms with Gasteiger partial charge in [-0.05, 0) is 50.9 Å². The second kappa shape index (κ2) is 8.18. The molecule has 29 heavy (non-hydrogen) atoms. The summed E-state index contributed by atoms with van der Waals surface area (Å²) in [6.45, 7) is 2.70. The van der Waals surface area contributed by atoms with Crippen LogP contribution < -0.4 is 5.73 Å². The number of aromatic nitrogens is 1. The fourth-order valence-electron chi connectivity index (χ4n) is 4.46. The van der Waals surface area contributed by atoms with Gasteiger partial charge < -0.3 is 10.6 Å².